The van der Waals surface area contributed by atoms with Crippen molar-refractivity contribution in [3.63, 3.8) is 0 Å². The van der Waals surface area contributed by atoms with Crippen LogP contribution in [0.5, 0.6) is 5.75 Å². The Morgan fingerprint density at radius 3 is 2.71 bits per heavy atom. The summed E-state index contributed by atoms with van der Waals surface area (Å²) in [7, 11) is 0. The van der Waals surface area contributed by atoms with Crippen molar-refractivity contribution in [3.05, 3.63) is 29.8 Å². The van der Waals surface area contributed by atoms with Gasteiger partial charge in [-0.3, -0.25) is 9.69 Å². The standard InChI is InChI=1S/C14H19NO2/c1-11-4-2-3-9-15(11)10-14(17)12-5-7-13(16)8-6-12/h5-8,11,16H,2-4,9-10H2,1H3. The van der Waals surface area contributed by atoms with Gasteiger partial charge in [-0.05, 0) is 50.6 Å². The summed E-state index contributed by atoms with van der Waals surface area (Å²) < 4.78 is 0. The second-order valence-corrected chi connectivity index (χ2v) is 4.79. The van der Waals surface area contributed by atoms with Gasteiger partial charge < -0.3 is 5.11 Å². The molecule has 1 aromatic carbocycles. The molecule has 3 heteroatoms. The Labute approximate surface area is 102 Å². The fraction of sp³-hybridized carbons (Fsp3) is 0.500. The molecule has 1 atom stereocenters. The number of ketones is 1. The van der Waals surface area contributed by atoms with Crippen molar-refractivity contribution >= 4 is 5.78 Å². The van der Waals surface area contributed by atoms with Crippen LogP contribution in [-0.4, -0.2) is 34.9 Å². The fourth-order valence-electron chi connectivity index (χ4n) is 2.32. The van der Waals surface area contributed by atoms with Crippen LogP contribution in [-0.2, 0) is 0 Å². The molecule has 1 aliphatic rings. The first kappa shape index (κ1) is 12.1. The molecular formula is C14H19NO2. The van der Waals surface area contributed by atoms with Crippen molar-refractivity contribution < 1.29 is 9.90 Å². The van der Waals surface area contributed by atoms with E-state index in [2.05, 4.69) is 11.8 Å². The van der Waals surface area contributed by atoms with E-state index in [1.807, 2.05) is 0 Å². The number of carbonyl (C=O) groups excluding carboxylic acids is 1. The summed E-state index contributed by atoms with van der Waals surface area (Å²) in [6, 6.07) is 7.00. The average Bonchev–Trinajstić information content (AvgIpc) is 2.33. The molecule has 0 aliphatic carbocycles. The van der Waals surface area contributed by atoms with Gasteiger partial charge in [0.05, 0.1) is 6.54 Å². The molecule has 0 saturated carbocycles. The zero-order valence-electron chi connectivity index (χ0n) is 10.2. The quantitative estimate of drug-likeness (QED) is 0.815. The molecule has 1 saturated heterocycles. The van der Waals surface area contributed by atoms with Crippen LogP contribution in [0.2, 0.25) is 0 Å². The molecular weight excluding hydrogens is 214 g/mol. The van der Waals surface area contributed by atoms with Crippen molar-refractivity contribution in [2.45, 2.75) is 32.2 Å². The Morgan fingerprint density at radius 1 is 1.35 bits per heavy atom. The van der Waals surface area contributed by atoms with Crippen molar-refractivity contribution in [3.8, 4) is 5.75 Å². The normalized spacial score (nSPS) is 21.4. The van der Waals surface area contributed by atoms with E-state index in [4.69, 9.17) is 0 Å². The van der Waals surface area contributed by atoms with Crippen LogP contribution in [0.1, 0.15) is 36.5 Å². The van der Waals surface area contributed by atoms with Gasteiger partial charge in [0.25, 0.3) is 0 Å². The average molecular weight is 233 g/mol. The summed E-state index contributed by atoms with van der Waals surface area (Å²) >= 11 is 0. The van der Waals surface area contributed by atoms with E-state index < -0.39 is 0 Å². The van der Waals surface area contributed by atoms with Crippen LogP contribution >= 0.6 is 0 Å². The fourth-order valence-corrected chi connectivity index (χ4v) is 2.32. The summed E-state index contributed by atoms with van der Waals surface area (Å²) in [6.45, 7) is 3.69. The van der Waals surface area contributed by atoms with E-state index in [9.17, 15) is 9.90 Å². The number of rotatable bonds is 3. The zero-order chi connectivity index (χ0) is 12.3. The second kappa shape index (κ2) is 5.32. The first-order valence-corrected chi connectivity index (χ1v) is 6.23. The van der Waals surface area contributed by atoms with Crippen molar-refractivity contribution in [2.24, 2.45) is 0 Å². The van der Waals surface area contributed by atoms with Crippen LogP contribution < -0.4 is 0 Å². The Kier molecular flexibility index (Phi) is 3.79. The number of carbonyl (C=O) groups is 1. The summed E-state index contributed by atoms with van der Waals surface area (Å²) in [6.07, 6.45) is 3.64. The summed E-state index contributed by atoms with van der Waals surface area (Å²) in [5.41, 5.74) is 0.681. The lowest BCUT2D eigenvalue weighted by Gasteiger charge is -2.32. The third kappa shape index (κ3) is 3.07. The molecule has 0 aromatic heterocycles. The number of phenols is 1. The van der Waals surface area contributed by atoms with Gasteiger partial charge in [0, 0.05) is 11.6 Å². The van der Waals surface area contributed by atoms with Gasteiger partial charge in [0.15, 0.2) is 5.78 Å². The first-order chi connectivity index (χ1) is 8.16. The van der Waals surface area contributed by atoms with E-state index >= 15 is 0 Å². The summed E-state index contributed by atoms with van der Waals surface area (Å²) in [5, 5.41) is 9.18. The molecule has 0 spiro atoms. The maximum atomic E-state index is 12.0. The predicted octanol–water partition coefficient (Wildman–Crippen LogP) is 2.45. The van der Waals surface area contributed by atoms with Crippen LogP contribution in [0.15, 0.2) is 24.3 Å². The van der Waals surface area contributed by atoms with Crippen molar-refractivity contribution in [2.75, 3.05) is 13.1 Å². The zero-order valence-corrected chi connectivity index (χ0v) is 10.2. The Morgan fingerprint density at radius 2 is 2.06 bits per heavy atom. The minimum absolute atomic E-state index is 0.138. The first-order valence-electron chi connectivity index (χ1n) is 6.23. The Bertz CT molecular complexity index is 386. The number of phenolic OH excluding ortho intramolecular Hbond substituents is 1. The van der Waals surface area contributed by atoms with Gasteiger partial charge in [0.1, 0.15) is 5.75 Å². The molecule has 1 fully saturated rings. The van der Waals surface area contributed by atoms with E-state index in [-0.39, 0.29) is 11.5 Å². The van der Waals surface area contributed by atoms with Gasteiger partial charge in [-0.2, -0.15) is 0 Å². The molecule has 2 rings (SSSR count). The predicted molar refractivity (Wildman–Crippen MR) is 67.3 cm³/mol. The second-order valence-electron chi connectivity index (χ2n) is 4.79. The van der Waals surface area contributed by atoms with Gasteiger partial charge >= 0.3 is 0 Å². The largest absolute Gasteiger partial charge is 0.508 e. The Hall–Kier alpha value is -1.35. The van der Waals surface area contributed by atoms with E-state index in [0.717, 1.165) is 6.54 Å². The summed E-state index contributed by atoms with van der Waals surface area (Å²) in [4.78, 5) is 14.3. The van der Waals surface area contributed by atoms with Gasteiger partial charge in [-0.25, -0.2) is 0 Å². The van der Waals surface area contributed by atoms with Gasteiger partial charge in [-0.1, -0.05) is 6.42 Å². The SMILES string of the molecule is CC1CCCCN1CC(=O)c1ccc(O)cc1. The highest BCUT2D eigenvalue weighted by molar-refractivity contribution is 5.97. The lowest BCUT2D eigenvalue weighted by molar-refractivity contribution is 0.0860. The highest BCUT2D eigenvalue weighted by Crippen LogP contribution is 2.17. The molecule has 1 N–H and O–H groups in total. The maximum absolute atomic E-state index is 12.0. The molecule has 1 unspecified atom stereocenters. The highest BCUT2D eigenvalue weighted by Gasteiger charge is 2.20. The molecule has 3 nitrogen and oxygen atoms in total. The molecule has 1 aromatic rings. The molecule has 1 heterocycles. The number of hydrogen-bond donors (Lipinski definition) is 1. The minimum Gasteiger partial charge on any atom is -0.508 e. The topological polar surface area (TPSA) is 40.5 Å². The smallest absolute Gasteiger partial charge is 0.176 e. The molecule has 1 aliphatic heterocycles. The van der Waals surface area contributed by atoms with E-state index in [1.54, 1.807) is 24.3 Å². The number of hydrogen-bond acceptors (Lipinski definition) is 3. The number of aromatic hydroxyl groups is 1. The van der Waals surface area contributed by atoms with Gasteiger partial charge in [-0.15, -0.1) is 0 Å². The van der Waals surface area contributed by atoms with Crippen LogP contribution in [0.4, 0.5) is 0 Å². The molecule has 0 bridgehead atoms. The van der Waals surface area contributed by atoms with E-state index in [1.165, 1.54) is 19.3 Å². The van der Waals surface area contributed by atoms with Crippen LogP contribution in [0.3, 0.4) is 0 Å². The molecule has 0 radical (unpaired) electrons. The number of likely N-dealkylation sites (tertiary alicyclic amines) is 1. The molecule has 92 valence electrons. The monoisotopic (exact) mass is 233 g/mol. The van der Waals surface area contributed by atoms with E-state index in [0.29, 0.717) is 18.2 Å². The molecule has 0 amide bonds. The lowest BCUT2D eigenvalue weighted by Crippen LogP contribution is -2.40. The highest BCUT2D eigenvalue weighted by atomic mass is 16.3. The van der Waals surface area contributed by atoms with Crippen molar-refractivity contribution in [1.29, 1.82) is 0 Å². The number of nitrogens with zero attached hydrogens (tertiary/aromatic N) is 1. The van der Waals surface area contributed by atoms with Crippen molar-refractivity contribution in [1.82, 2.24) is 4.90 Å². The van der Waals surface area contributed by atoms with Crippen LogP contribution in [0, 0.1) is 0 Å². The Balaban J connectivity index is 1.98. The summed E-state index contributed by atoms with van der Waals surface area (Å²) in [5.74, 6) is 0.339. The number of benzene rings is 1. The third-order valence-electron chi connectivity index (χ3n) is 3.48. The maximum Gasteiger partial charge on any atom is 0.176 e. The third-order valence-corrected chi connectivity index (χ3v) is 3.48. The lowest BCUT2D eigenvalue weighted by atomic mass is 10.0. The van der Waals surface area contributed by atoms with Crippen LogP contribution in [0.25, 0.3) is 0 Å². The number of Topliss-reactive ketones (excluding diaryl/α,β-unsaturated/α-hetero) is 1. The number of piperidine rings is 1. The van der Waals surface area contributed by atoms with Gasteiger partial charge in [0.2, 0.25) is 0 Å². The molecule has 17 heavy (non-hydrogen) atoms. The minimum atomic E-state index is 0.138.